The van der Waals surface area contributed by atoms with Crippen LogP contribution >= 0.6 is 7.82 Å². The maximum atomic E-state index is 10.2. The zero-order valence-corrected chi connectivity index (χ0v) is 12.0. The Bertz CT molecular complexity index is 174. The monoisotopic (exact) mass is 243 g/mol. The summed E-state index contributed by atoms with van der Waals surface area (Å²) in [5, 5.41) is 0. The minimum absolute atomic E-state index is 0. The average Bonchev–Trinajstić information content (AvgIpc) is 1.55. The molecule has 13 heavy (non-hydrogen) atoms. The molecule has 0 bridgehead atoms. The van der Waals surface area contributed by atoms with Crippen molar-refractivity contribution in [1.29, 1.82) is 0 Å². The zero-order valence-electron chi connectivity index (χ0n) is 9.40. The summed E-state index contributed by atoms with van der Waals surface area (Å²) < 4.78 is 15.1. The van der Waals surface area contributed by atoms with Crippen molar-refractivity contribution in [3.63, 3.8) is 0 Å². The Hall–Kier alpha value is 1.36. The van der Waals surface area contributed by atoms with Crippen molar-refractivity contribution >= 4 is 7.82 Å². The van der Waals surface area contributed by atoms with Crippen molar-refractivity contribution in [2.24, 2.45) is 0 Å². The van der Waals surface area contributed by atoms with E-state index in [1.54, 1.807) is 0 Å². The largest absolute Gasteiger partial charge is 1.00 e. The number of hydrogen-bond donors (Lipinski definition) is 2. The quantitative estimate of drug-likeness (QED) is 0.293. The molecule has 0 rings (SSSR count). The second-order valence-electron chi connectivity index (χ2n) is 3.34. The van der Waals surface area contributed by atoms with E-state index in [-0.39, 0.29) is 50.0 Å². The number of halogens is 1. The minimum Gasteiger partial charge on any atom is -1.00 e. The van der Waals surface area contributed by atoms with Crippen molar-refractivity contribution < 1.29 is 66.7 Å². The summed E-state index contributed by atoms with van der Waals surface area (Å²) in [5.74, 6) is 0. The van der Waals surface area contributed by atoms with E-state index in [2.05, 4.69) is 4.52 Å². The molecular weight excluding hydrogens is 227 g/mol. The van der Waals surface area contributed by atoms with Crippen molar-refractivity contribution in [1.82, 2.24) is 0 Å². The van der Waals surface area contributed by atoms with E-state index in [1.807, 2.05) is 21.1 Å². The molecule has 5 nitrogen and oxygen atoms in total. The first kappa shape index (κ1) is 19.9. The van der Waals surface area contributed by atoms with Gasteiger partial charge in [-0.25, -0.2) is 4.57 Å². The molecule has 0 aliphatic rings. The Morgan fingerprint density at radius 1 is 1.38 bits per heavy atom. The number of rotatable bonds is 4. The molecule has 0 radical (unpaired) electrons. The molecule has 0 saturated heterocycles. The van der Waals surface area contributed by atoms with Crippen LogP contribution in [0.25, 0.3) is 0 Å². The fraction of sp³-hybridized carbons (Fsp3) is 1.00. The van der Waals surface area contributed by atoms with Crippen LogP contribution in [-0.4, -0.2) is 48.6 Å². The number of hydrogen-bond acceptors (Lipinski definition) is 2. The summed E-state index contributed by atoms with van der Waals surface area (Å²) >= 11 is 0. The SMILES string of the molecule is C[N+](C)(C)CCOP(=O)(O)O.[Cl-].[H-].[Na+]. The molecule has 0 aromatic rings. The van der Waals surface area contributed by atoms with Gasteiger partial charge >= 0.3 is 37.4 Å². The van der Waals surface area contributed by atoms with Gasteiger partial charge in [-0.05, 0) is 0 Å². The van der Waals surface area contributed by atoms with Crippen LogP contribution in [0, 0.1) is 0 Å². The minimum atomic E-state index is -4.26. The van der Waals surface area contributed by atoms with E-state index in [0.29, 0.717) is 11.0 Å². The molecule has 0 saturated carbocycles. The van der Waals surface area contributed by atoms with Gasteiger partial charge in [0.25, 0.3) is 0 Å². The molecule has 0 aliphatic carbocycles. The van der Waals surface area contributed by atoms with E-state index in [1.165, 1.54) is 0 Å². The predicted molar refractivity (Wildman–Crippen MR) is 42.0 cm³/mol. The van der Waals surface area contributed by atoms with Crippen LogP contribution < -0.4 is 42.0 Å². The van der Waals surface area contributed by atoms with Crippen LogP contribution in [0.4, 0.5) is 0 Å². The second-order valence-corrected chi connectivity index (χ2v) is 4.58. The number of likely N-dealkylation sites (N-methyl/N-ethyl adjacent to an activating group) is 1. The predicted octanol–water partition coefficient (Wildman–Crippen LogP) is -6.08. The molecular formula is C5H16ClNNaO4P. The van der Waals surface area contributed by atoms with Crippen LogP contribution in [0.2, 0.25) is 0 Å². The summed E-state index contributed by atoms with van der Waals surface area (Å²) in [5.41, 5.74) is 0. The first-order valence-electron chi connectivity index (χ1n) is 3.21. The van der Waals surface area contributed by atoms with Gasteiger partial charge in [0.1, 0.15) is 13.2 Å². The van der Waals surface area contributed by atoms with Crippen molar-refractivity contribution in [3.8, 4) is 0 Å². The molecule has 78 valence electrons. The van der Waals surface area contributed by atoms with Crippen LogP contribution in [0.5, 0.6) is 0 Å². The van der Waals surface area contributed by atoms with E-state index in [0.717, 1.165) is 0 Å². The number of quaternary nitrogens is 1. The molecule has 8 heteroatoms. The van der Waals surface area contributed by atoms with Gasteiger partial charge in [-0.15, -0.1) is 0 Å². The fourth-order valence-electron chi connectivity index (χ4n) is 0.434. The van der Waals surface area contributed by atoms with Crippen LogP contribution in [0.1, 0.15) is 1.43 Å². The maximum Gasteiger partial charge on any atom is 1.00 e. The summed E-state index contributed by atoms with van der Waals surface area (Å²) in [6.45, 7) is 0.652. The van der Waals surface area contributed by atoms with E-state index in [4.69, 9.17) is 9.79 Å². The standard InChI is InChI=1S/C5H14NO4P.ClH.Na.H/c1-6(2,3)4-5-10-11(7,8)9;;;/h4-5H2,1-3H3,(H-,7,8,9);1H;;/q;;+1;-1. The maximum absolute atomic E-state index is 10.2. The Morgan fingerprint density at radius 2 is 1.77 bits per heavy atom. The van der Waals surface area contributed by atoms with E-state index in [9.17, 15) is 4.57 Å². The molecule has 0 unspecified atom stereocenters. The Kier molecular flexibility index (Phi) is 11.7. The number of phosphoric ester groups is 1. The van der Waals surface area contributed by atoms with E-state index < -0.39 is 7.82 Å². The van der Waals surface area contributed by atoms with Gasteiger partial charge in [0.05, 0.1) is 21.1 Å². The fourth-order valence-corrected chi connectivity index (χ4v) is 0.753. The van der Waals surface area contributed by atoms with Gasteiger partial charge < -0.3 is 28.1 Å². The molecule has 0 atom stereocenters. The summed E-state index contributed by atoms with van der Waals surface area (Å²) in [6, 6.07) is 0. The third-order valence-corrected chi connectivity index (χ3v) is 1.54. The van der Waals surface area contributed by atoms with Crippen LogP contribution in [-0.2, 0) is 9.09 Å². The van der Waals surface area contributed by atoms with E-state index >= 15 is 0 Å². The molecule has 0 aliphatic heterocycles. The number of nitrogens with zero attached hydrogens (tertiary/aromatic N) is 1. The van der Waals surface area contributed by atoms with Crippen LogP contribution in [0.15, 0.2) is 0 Å². The molecule has 0 aromatic heterocycles. The average molecular weight is 244 g/mol. The van der Waals surface area contributed by atoms with Gasteiger partial charge in [0.2, 0.25) is 0 Å². The Balaban J connectivity index is -0.000000167. The smallest absolute Gasteiger partial charge is 1.00 e. The van der Waals surface area contributed by atoms with Gasteiger partial charge in [0, 0.05) is 0 Å². The Labute approximate surface area is 108 Å². The first-order chi connectivity index (χ1) is 4.71. The molecule has 0 amide bonds. The summed E-state index contributed by atoms with van der Waals surface area (Å²) in [4.78, 5) is 16.6. The van der Waals surface area contributed by atoms with Gasteiger partial charge in [-0.1, -0.05) is 0 Å². The third kappa shape index (κ3) is 19.7. The van der Waals surface area contributed by atoms with Gasteiger partial charge in [0.15, 0.2) is 0 Å². The summed E-state index contributed by atoms with van der Waals surface area (Å²) in [7, 11) is 1.50. The first-order valence-corrected chi connectivity index (χ1v) is 4.74. The van der Waals surface area contributed by atoms with Crippen molar-refractivity contribution in [3.05, 3.63) is 0 Å². The molecule has 0 fully saturated rings. The normalized spacial score (nSPS) is 11.5. The molecule has 0 heterocycles. The third-order valence-electron chi connectivity index (χ3n) is 1.02. The molecule has 0 spiro atoms. The van der Waals surface area contributed by atoms with Gasteiger partial charge in [-0.2, -0.15) is 0 Å². The van der Waals surface area contributed by atoms with Crippen molar-refractivity contribution in [2.45, 2.75) is 0 Å². The van der Waals surface area contributed by atoms with Crippen LogP contribution in [0.3, 0.4) is 0 Å². The number of phosphoric acid groups is 1. The zero-order chi connectivity index (χ0) is 9.12. The Morgan fingerprint density at radius 3 is 2.00 bits per heavy atom. The second kappa shape index (κ2) is 7.63. The van der Waals surface area contributed by atoms with Crippen molar-refractivity contribution in [2.75, 3.05) is 34.3 Å². The summed E-state index contributed by atoms with van der Waals surface area (Å²) in [6.07, 6.45) is 0. The molecule has 2 N–H and O–H groups in total. The molecule has 0 aromatic carbocycles. The van der Waals surface area contributed by atoms with Gasteiger partial charge in [-0.3, -0.25) is 4.52 Å². The topological polar surface area (TPSA) is 66.8 Å².